The summed E-state index contributed by atoms with van der Waals surface area (Å²) in [4.78, 5) is 5.66. The van der Waals surface area contributed by atoms with Gasteiger partial charge in [-0.05, 0) is 48.2 Å². The van der Waals surface area contributed by atoms with Crippen LogP contribution in [-0.2, 0) is 0 Å². The Hall–Kier alpha value is -3.58. The summed E-state index contributed by atoms with van der Waals surface area (Å²) in [5.74, 6) is 2.44. The maximum atomic E-state index is 6.61. The minimum Gasteiger partial charge on any atom is -0.494 e. The fourth-order valence-corrected chi connectivity index (χ4v) is 5.15. The van der Waals surface area contributed by atoms with Gasteiger partial charge in [-0.3, -0.25) is 0 Å². The molecule has 0 saturated heterocycles. The Bertz CT molecular complexity index is 1260. The van der Waals surface area contributed by atoms with E-state index in [0.29, 0.717) is 6.61 Å². The molecule has 2 aromatic heterocycles. The van der Waals surface area contributed by atoms with Gasteiger partial charge in [0.15, 0.2) is 0 Å². The molecule has 6 nitrogen and oxygen atoms in total. The Balaban J connectivity index is 1.56. The number of hydrogen-bond donors (Lipinski definition) is 1. The number of thiophene rings is 1. The standard InChI is InChI=1S/C24H20N4O2S/c1-2-29-16-11-9-15(10-12-16)23-20-21(17-6-3-4-7-18(17)30-23)27-24-25-14-26-28(24)22(20)19-8-5-13-31-19/h3-14,22-23H,2H2,1H3,(H,25,26,27)/t22-,23-/m0/s1. The SMILES string of the molecule is CCOc1ccc([C@@H]2Oc3ccccc3C3=C2[C@H](c2cccs2)n2ncnc2N3)cc1. The van der Waals surface area contributed by atoms with Crippen LogP contribution >= 0.6 is 11.3 Å². The van der Waals surface area contributed by atoms with E-state index in [-0.39, 0.29) is 12.1 Å². The van der Waals surface area contributed by atoms with Crippen molar-refractivity contribution in [3.63, 3.8) is 0 Å². The first-order valence-corrected chi connectivity index (χ1v) is 11.1. The quantitative estimate of drug-likeness (QED) is 0.478. The molecule has 2 aromatic carbocycles. The van der Waals surface area contributed by atoms with E-state index in [2.05, 4.69) is 51.1 Å². The van der Waals surface area contributed by atoms with Crippen molar-refractivity contribution >= 4 is 23.0 Å². The lowest BCUT2D eigenvalue weighted by Crippen LogP contribution is -2.32. The molecule has 4 aromatic rings. The number of ether oxygens (including phenoxy) is 2. The van der Waals surface area contributed by atoms with Crippen LogP contribution in [0.3, 0.4) is 0 Å². The minimum atomic E-state index is -0.266. The summed E-state index contributed by atoms with van der Waals surface area (Å²) in [6.45, 7) is 2.63. The Labute approximate surface area is 183 Å². The van der Waals surface area contributed by atoms with E-state index in [0.717, 1.165) is 39.8 Å². The molecule has 0 bridgehead atoms. The highest BCUT2D eigenvalue weighted by molar-refractivity contribution is 7.10. The van der Waals surface area contributed by atoms with Gasteiger partial charge in [0, 0.05) is 16.0 Å². The van der Waals surface area contributed by atoms with Crippen molar-refractivity contribution in [2.45, 2.75) is 19.1 Å². The van der Waals surface area contributed by atoms with E-state index >= 15 is 0 Å². The number of anilines is 1. The summed E-state index contributed by atoms with van der Waals surface area (Å²) >= 11 is 1.71. The second-order valence-electron chi connectivity index (χ2n) is 7.40. The molecule has 31 heavy (non-hydrogen) atoms. The fourth-order valence-electron chi connectivity index (χ4n) is 4.32. The fraction of sp³-hybridized carbons (Fsp3) is 0.167. The molecule has 7 heteroatoms. The molecule has 2 aliphatic rings. The van der Waals surface area contributed by atoms with Gasteiger partial charge < -0.3 is 14.8 Å². The van der Waals surface area contributed by atoms with Gasteiger partial charge in [-0.15, -0.1) is 11.3 Å². The number of rotatable bonds is 4. The zero-order chi connectivity index (χ0) is 20.8. The Kier molecular flexibility index (Phi) is 4.28. The predicted octanol–water partition coefficient (Wildman–Crippen LogP) is 5.30. The molecule has 0 radical (unpaired) electrons. The zero-order valence-corrected chi connectivity index (χ0v) is 17.7. The first-order valence-electron chi connectivity index (χ1n) is 10.3. The summed E-state index contributed by atoms with van der Waals surface area (Å²) in [6.07, 6.45) is 1.33. The first-order chi connectivity index (χ1) is 15.3. The molecule has 0 saturated carbocycles. The number of nitrogens with zero attached hydrogens (tertiary/aromatic N) is 3. The van der Waals surface area contributed by atoms with Gasteiger partial charge in [-0.1, -0.05) is 30.3 Å². The molecular formula is C24H20N4O2S. The van der Waals surface area contributed by atoms with Crippen LogP contribution in [0, 0.1) is 0 Å². The number of fused-ring (bicyclic) bond motifs is 3. The summed E-state index contributed by atoms with van der Waals surface area (Å²) in [6, 6.07) is 20.4. The van der Waals surface area contributed by atoms with Crippen LogP contribution in [0.15, 0.2) is 77.9 Å². The third-order valence-corrected chi connectivity index (χ3v) is 6.55. The average molecular weight is 429 g/mol. The van der Waals surface area contributed by atoms with Crippen LogP contribution in [0.1, 0.15) is 35.1 Å². The number of benzene rings is 2. The molecule has 0 amide bonds. The number of hydrogen-bond acceptors (Lipinski definition) is 6. The van der Waals surface area contributed by atoms with Crippen LogP contribution in [0.4, 0.5) is 5.95 Å². The van der Waals surface area contributed by atoms with Crippen molar-refractivity contribution in [3.8, 4) is 11.5 Å². The lowest BCUT2D eigenvalue weighted by molar-refractivity contribution is 0.223. The number of nitrogens with one attached hydrogen (secondary N) is 1. The molecule has 0 aliphatic carbocycles. The van der Waals surface area contributed by atoms with Crippen LogP contribution < -0.4 is 14.8 Å². The van der Waals surface area contributed by atoms with Gasteiger partial charge in [0.25, 0.3) is 0 Å². The number of aromatic nitrogens is 3. The van der Waals surface area contributed by atoms with Crippen LogP contribution in [0.5, 0.6) is 11.5 Å². The van der Waals surface area contributed by atoms with Crippen LogP contribution in [0.25, 0.3) is 5.70 Å². The van der Waals surface area contributed by atoms with Crippen molar-refractivity contribution in [1.29, 1.82) is 0 Å². The Morgan fingerprint density at radius 2 is 1.97 bits per heavy atom. The van der Waals surface area contributed by atoms with E-state index in [9.17, 15) is 0 Å². The van der Waals surface area contributed by atoms with E-state index in [1.807, 2.05) is 41.9 Å². The lowest BCUT2D eigenvalue weighted by Gasteiger charge is -2.38. The predicted molar refractivity (Wildman–Crippen MR) is 120 cm³/mol. The monoisotopic (exact) mass is 428 g/mol. The first kappa shape index (κ1) is 18.2. The second-order valence-corrected chi connectivity index (χ2v) is 8.38. The third-order valence-electron chi connectivity index (χ3n) is 5.63. The van der Waals surface area contributed by atoms with Gasteiger partial charge in [0.2, 0.25) is 5.95 Å². The van der Waals surface area contributed by atoms with Crippen molar-refractivity contribution in [1.82, 2.24) is 14.8 Å². The van der Waals surface area contributed by atoms with Crippen molar-refractivity contribution < 1.29 is 9.47 Å². The largest absolute Gasteiger partial charge is 0.494 e. The van der Waals surface area contributed by atoms with E-state index in [1.165, 1.54) is 4.88 Å². The van der Waals surface area contributed by atoms with Crippen molar-refractivity contribution in [2.24, 2.45) is 0 Å². The normalized spacial score (nSPS) is 19.0. The van der Waals surface area contributed by atoms with Gasteiger partial charge in [0.05, 0.1) is 12.3 Å². The van der Waals surface area contributed by atoms with Crippen molar-refractivity contribution in [3.05, 3.63) is 93.9 Å². The summed E-state index contributed by atoms with van der Waals surface area (Å²) in [5, 5.41) is 10.2. The van der Waals surface area contributed by atoms with Crippen molar-refractivity contribution in [2.75, 3.05) is 11.9 Å². The molecule has 0 unspecified atom stereocenters. The Morgan fingerprint density at radius 1 is 1.10 bits per heavy atom. The van der Waals surface area contributed by atoms with E-state index in [4.69, 9.17) is 9.47 Å². The Morgan fingerprint density at radius 3 is 2.77 bits per heavy atom. The zero-order valence-electron chi connectivity index (χ0n) is 16.9. The highest BCUT2D eigenvalue weighted by atomic mass is 32.1. The summed E-state index contributed by atoms with van der Waals surface area (Å²) < 4.78 is 14.2. The molecular weight excluding hydrogens is 408 g/mol. The maximum Gasteiger partial charge on any atom is 0.226 e. The van der Waals surface area contributed by atoms with Crippen LogP contribution in [-0.4, -0.2) is 21.4 Å². The molecule has 6 rings (SSSR count). The second kappa shape index (κ2) is 7.28. The maximum absolute atomic E-state index is 6.61. The van der Waals surface area contributed by atoms with E-state index < -0.39 is 0 Å². The summed E-state index contributed by atoms with van der Waals surface area (Å²) in [5.41, 5.74) is 4.27. The molecule has 2 atom stereocenters. The van der Waals surface area contributed by atoms with Gasteiger partial charge in [-0.25, -0.2) is 4.68 Å². The molecule has 2 aliphatic heterocycles. The van der Waals surface area contributed by atoms with E-state index in [1.54, 1.807) is 17.7 Å². The molecule has 0 fully saturated rings. The summed E-state index contributed by atoms with van der Waals surface area (Å²) in [7, 11) is 0. The average Bonchev–Trinajstić information content (AvgIpc) is 3.50. The number of para-hydroxylation sites is 1. The minimum absolute atomic E-state index is 0.0984. The highest BCUT2D eigenvalue weighted by Gasteiger charge is 2.41. The lowest BCUT2D eigenvalue weighted by atomic mass is 9.87. The molecule has 4 heterocycles. The van der Waals surface area contributed by atoms with Gasteiger partial charge >= 0.3 is 0 Å². The van der Waals surface area contributed by atoms with Gasteiger partial charge in [-0.2, -0.15) is 10.1 Å². The topological polar surface area (TPSA) is 61.2 Å². The third kappa shape index (κ3) is 2.92. The highest BCUT2D eigenvalue weighted by Crippen LogP contribution is 2.51. The molecule has 154 valence electrons. The van der Waals surface area contributed by atoms with Crippen LogP contribution in [0.2, 0.25) is 0 Å². The molecule has 0 spiro atoms. The van der Waals surface area contributed by atoms with Gasteiger partial charge in [0.1, 0.15) is 30.0 Å². The smallest absolute Gasteiger partial charge is 0.226 e. The molecule has 1 N–H and O–H groups in total.